The molecule has 138 valence electrons. The smallest absolute Gasteiger partial charge is 0.325 e. The van der Waals surface area contributed by atoms with Crippen molar-refractivity contribution in [2.75, 3.05) is 18.6 Å². The summed E-state index contributed by atoms with van der Waals surface area (Å²) in [6, 6.07) is 16.1. The number of hydrogen-bond acceptors (Lipinski definition) is 4. The molecule has 1 aliphatic heterocycles. The number of carbonyl (C=O) groups excluding carboxylic acids is 3. The first-order chi connectivity index (χ1) is 13.0. The minimum atomic E-state index is -0.857. The molecule has 1 N–H and O–H groups in total. The summed E-state index contributed by atoms with van der Waals surface area (Å²) in [6.07, 6.45) is 1.89. The number of anilines is 1. The van der Waals surface area contributed by atoms with Gasteiger partial charge in [0.15, 0.2) is 0 Å². The predicted molar refractivity (Wildman–Crippen MR) is 103 cm³/mol. The van der Waals surface area contributed by atoms with Gasteiger partial charge in [0, 0.05) is 12.5 Å². The van der Waals surface area contributed by atoms with Gasteiger partial charge in [0.2, 0.25) is 11.8 Å². The van der Waals surface area contributed by atoms with Crippen molar-refractivity contribution >= 4 is 35.1 Å². The third kappa shape index (κ3) is 3.74. The van der Waals surface area contributed by atoms with E-state index in [1.165, 1.54) is 18.9 Å². The van der Waals surface area contributed by atoms with E-state index < -0.39 is 17.9 Å². The van der Waals surface area contributed by atoms with Crippen LogP contribution in [0.3, 0.4) is 0 Å². The average Bonchev–Trinajstić information content (AvgIpc) is 3.01. The molecule has 0 saturated heterocycles. The first kappa shape index (κ1) is 18.4. The molecule has 0 bridgehead atoms. The summed E-state index contributed by atoms with van der Waals surface area (Å²) in [7, 11) is 1.25. The highest BCUT2D eigenvalue weighted by Gasteiger charge is 2.40. The SMILES string of the molecule is COC(=O)CNC(=O)C1/C(=C/c2ccccc2)c2ccccc2N1C(C)=O. The molecule has 1 aliphatic rings. The highest BCUT2D eigenvalue weighted by Crippen LogP contribution is 2.41. The summed E-state index contributed by atoms with van der Waals surface area (Å²) in [5.74, 6) is -1.24. The van der Waals surface area contributed by atoms with Gasteiger partial charge in [-0.2, -0.15) is 0 Å². The van der Waals surface area contributed by atoms with E-state index in [1.807, 2.05) is 60.7 Å². The van der Waals surface area contributed by atoms with Crippen molar-refractivity contribution in [1.29, 1.82) is 0 Å². The molecule has 0 spiro atoms. The maximum atomic E-state index is 12.9. The molecular formula is C21H20N2O4. The quantitative estimate of drug-likeness (QED) is 0.845. The summed E-state index contributed by atoms with van der Waals surface area (Å²) in [4.78, 5) is 38.1. The lowest BCUT2D eigenvalue weighted by Crippen LogP contribution is -2.48. The average molecular weight is 364 g/mol. The molecule has 1 unspecified atom stereocenters. The van der Waals surface area contributed by atoms with Gasteiger partial charge in [-0.05, 0) is 23.3 Å². The molecule has 2 aromatic rings. The zero-order valence-electron chi connectivity index (χ0n) is 15.1. The number of ether oxygens (including phenoxy) is 1. The monoisotopic (exact) mass is 364 g/mol. The number of para-hydroxylation sites is 1. The minimum Gasteiger partial charge on any atom is -0.468 e. The fraction of sp³-hybridized carbons (Fsp3) is 0.190. The molecule has 0 saturated carbocycles. The Morgan fingerprint density at radius 3 is 2.41 bits per heavy atom. The molecule has 3 rings (SSSR count). The second-order valence-corrected chi connectivity index (χ2v) is 6.11. The second-order valence-electron chi connectivity index (χ2n) is 6.11. The van der Waals surface area contributed by atoms with Gasteiger partial charge in [-0.1, -0.05) is 48.5 Å². The molecule has 0 aliphatic carbocycles. The van der Waals surface area contributed by atoms with E-state index in [0.29, 0.717) is 11.3 Å². The largest absolute Gasteiger partial charge is 0.468 e. The maximum Gasteiger partial charge on any atom is 0.325 e. The molecule has 27 heavy (non-hydrogen) atoms. The van der Waals surface area contributed by atoms with Gasteiger partial charge in [0.1, 0.15) is 12.6 Å². The first-order valence-corrected chi connectivity index (χ1v) is 8.53. The minimum absolute atomic E-state index is 0.253. The van der Waals surface area contributed by atoms with Gasteiger partial charge in [-0.15, -0.1) is 0 Å². The Labute approximate surface area is 157 Å². The topological polar surface area (TPSA) is 75.7 Å². The number of methoxy groups -OCH3 is 1. The number of nitrogens with zero attached hydrogens (tertiary/aromatic N) is 1. The lowest BCUT2D eigenvalue weighted by atomic mass is 9.98. The van der Waals surface area contributed by atoms with Crippen LogP contribution < -0.4 is 10.2 Å². The van der Waals surface area contributed by atoms with E-state index in [2.05, 4.69) is 10.1 Å². The van der Waals surface area contributed by atoms with Gasteiger partial charge in [0.25, 0.3) is 0 Å². The third-order valence-corrected chi connectivity index (χ3v) is 4.37. The molecule has 0 fully saturated rings. The molecular weight excluding hydrogens is 344 g/mol. The van der Waals surface area contributed by atoms with Crippen LogP contribution in [0.2, 0.25) is 0 Å². The van der Waals surface area contributed by atoms with E-state index in [9.17, 15) is 14.4 Å². The number of nitrogens with one attached hydrogen (secondary N) is 1. The fourth-order valence-electron chi connectivity index (χ4n) is 3.18. The number of rotatable bonds is 4. The molecule has 2 aromatic carbocycles. The van der Waals surface area contributed by atoms with Gasteiger partial charge in [-0.3, -0.25) is 19.3 Å². The van der Waals surface area contributed by atoms with Crippen molar-refractivity contribution < 1.29 is 19.1 Å². The highest BCUT2D eigenvalue weighted by atomic mass is 16.5. The number of fused-ring (bicyclic) bond motifs is 1. The maximum absolute atomic E-state index is 12.9. The summed E-state index contributed by atoms with van der Waals surface area (Å²) < 4.78 is 4.57. The van der Waals surface area contributed by atoms with Crippen LogP contribution in [-0.4, -0.2) is 37.5 Å². The molecule has 1 atom stereocenters. The second kappa shape index (κ2) is 7.86. The van der Waals surface area contributed by atoms with Crippen molar-refractivity contribution in [3.8, 4) is 0 Å². The third-order valence-electron chi connectivity index (χ3n) is 4.37. The summed E-state index contributed by atoms with van der Waals surface area (Å²) >= 11 is 0. The van der Waals surface area contributed by atoms with Crippen LogP contribution in [0.5, 0.6) is 0 Å². The van der Waals surface area contributed by atoms with Crippen LogP contribution >= 0.6 is 0 Å². The number of carbonyl (C=O) groups is 3. The number of hydrogen-bond donors (Lipinski definition) is 1. The van der Waals surface area contributed by atoms with Crippen molar-refractivity contribution in [3.05, 3.63) is 65.7 Å². The van der Waals surface area contributed by atoms with Crippen LogP contribution in [0.25, 0.3) is 11.6 Å². The lowest BCUT2D eigenvalue weighted by Gasteiger charge is -2.24. The molecule has 6 nitrogen and oxygen atoms in total. The Bertz CT molecular complexity index is 905. The normalized spacial score (nSPS) is 16.7. The van der Waals surface area contributed by atoms with E-state index in [0.717, 1.165) is 11.1 Å². The molecule has 2 amide bonds. The summed E-state index contributed by atoms with van der Waals surface area (Å²) in [5, 5.41) is 2.56. The number of esters is 1. The zero-order chi connectivity index (χ0) is 19.4. The number of benzene rings is 2. The van der Waals surface area contributed by atoms with Crippen LogP contribution in [0, 0.1) is 0 Å². The van der Waals surface area contributed by atoms with E-state index in [1.54, 1.807) is 0 Å². The zero-order valence-corrected chi connectivity index (χ0v) is 15.1. The van der Waals surface area contributed by atoms with Crippen molar-refractivity contribution in [2.24, 2.45) is 0 Å². The van der Waals surface area contributed by atoms with Gasteiger partial charge >= 0.3 is 5.97 Å². The van der Waals surface area contributed by atoms with Crippen molar-refractivity contribution in [2.45, 2.75) is 13.0 Å². The Balaban J connectivity index is 2.06. The molecule has 1 heterocycles. The van der Waals surface area contributed by atoms with Crippen LogP contribution in [0.1, 0.15) is 18.1 Å². The van der Waals surface area contributed by atoms with Crippen LogP contribution in [0.15, 0.2) is 54.6 Å². The van der Waals surface area contributed by atoms with Gasteiger partial charge in [0.05, 0.1) is 12.8 Å². The first-order valence-electron chi connectivity index (χ1n) is 8.53. The fourth-order valence-corrected chi connectivity index (χ4v) is 3.18. The van der Waals surface area contributed by atoms with Crippen molar-refractivity contribution in [3.63, 3.8) is 0 Å². The van der Waals surface area contributed by atoms with Crippen LogP contribution in [-0.2, 0) is 19.1 Å². The van der Waals surface area contributed by atoms with Gasteiger partial charge in [-0.25, -0.2) is 0 Å². The predicted octanol–water partition coefficient (Wildman–Crippen LogP) is 2.25. The molecule has 0 radical (unpaired) electrons. The Morgan fingerprint density at radius 1 is 1.07 bits per heavy atom. The standard InChI is InChI=1S/C21H20N2O4/c1-14(24)23-18-11-7-6-10-16(18)17(12-15-8-4-3-5-9-15)20(23)21(26)22-13-19(25)27-2/h3-12,20H,13H2,1-2H3,(H,22,26)/b17-12+. The summed E-state index contributed by atoms with van der Waals surface area (Å²) in [6.45, 7) is 1.16. The number of amides is 2. The Morgan fingerprint density at radius 2 is 1.74 bits per heavy atom. The molecule has 0 aromatic heterocycles. The Kier molecular flexibility index (Phi) is 5.35. The summed E-state index contributed by atoms with van der Waals surface area (Å²) in [5.41, 5.74) is 3.10. The molecule has 6 heteroatoms. The van der Waals surface area contributed by atoms with E-state index >= 15 is 0 Å². The van der Waals surface area contributed by atoms with E-state index in [4.69, 9.17) is 0 Å². The van der Waals surface area contributed by atoms with Crippen LogP contribution in [0.4, 0.5) is 5.69 Å². The van der Waals surface area contributed by atoms with E-state index in [-0.39, 0.29) is 12.5 Å². The lowest BCUT2D eigenvalue weighted by molar-refractivity contribution is -0.141. The van der Waals surface area contributed by atoms with Gasteiger partial charge < -0.3 is 10.1 Å². The van der Waals surface area contributed by atoms with Crippen molar-refractivity contribution in [1.82, 2.24) is 5.32 Å². The highest BCUT2D eigenvalue weighted by molar-refractivity contribution is 6.16. The Hall–Kier alpha value is -3.41.